The summed E-state index contributed by atoms with van der Waals surface area (Å²) in [6.45, 7) is 10.7. The van der Waals surface area contributed by atoms with E-state index in [1.165, 1.54) is 12.8 Å². The van der Waals surface area contributed by atoms with E-state index in [1.807, 2.05) is 23.1 Å². The van der Waals surface area contributed by atoms with E-state index in [2.05, 4.69) is 53.3 Å². The quantitative estimate of drug-likeness (QED) is 0.664. The fourth-order valence-electron chi connectivity index (χ4n) is 4.47. The number of rotatable bonds is 3. The monoisotopic (exact) mass is 406 g/mol. The molecule has 2 aliphatic rings. The molecule has 0 bridgehead atoms. The van der Waals surface area contributed by atoms with Crippen molar-refractivity contribution < 1.29 is 4.79 Å². The van der Waals surface area contributed by atoms with Crippen molar-refractivity contribution in [2.75, 3.05) is 24.5 Å². The first-order valence-electron chi connectivity index (χ1n) is 11.0. The van der Waals surface area contributed by atoms with E-state index in [0.717, 1.165) is 41.4 Å². The Hall–Kier alpha value is -2.70. The molecule has 0 radical (unpaired) electrons. The van der Waals surface area contributed by atoms with Crippen LogP contribution >= 0.6 is 0 Å². The van der Waals surface area contributed by atoms with Crippen LogP contribution in [-0.4, -0.2) is 56.1 Å². The fourth-order valence-corrected chi connectivity index (χ4v) is 4.47. The molecule has 0 spiro atoms. The molecule has 2 aromatic heterocycles. The van der Waals surface area contributed by atoms with E-state index in [1.54, 1.807) is 0 Å². The first-order chi connectivity index (χ1) is 14.3. The van der Waals surface area contributed by atoms with E-state index in [-0.39, 0.29) is 17.4 Å². The maximum atomic E-state index is 12.8. The zero-order valence-electron chi connectivity index (χ0n) is 18.3. The molecule has 1 atom stereocenters. The average molecular weight is 407 g/mol. The third kappa shape index (κ3) is 3.40. The van der Waals surface area contributed by atoms with Crippen LogP contribution in [0.3, 0.4) is 0 Å². The highest BCUT2D eigenvalue weighted by molar-refractivity contribution is 5.92. The molecule has 1 saturated carbocycles. The Morgan fingerprint density at radius 2 is 1.90 bits per heavy atom. The molecule has 1 amide bonds. The van der Waals surface area contributed by atoms with Crippen LogP contribution in [0.5, 0.6) is 0 Å². The SMILES string of the molecule is C[C@@H]1CN(c2nc3ccccc3c3nnc(C4CC4)n23)CCN1C(=O)CC(C)(C)C. The minimum Gasteiger partial charge on any atom is -0.338 e. The number of hydrogen-bond acceptors (Lipinski definition) is 5. The Kier molecular flexibility index (Phi) is 4.45. The predicted octanol–water partition coefficient (Wildman–Crippen LogP) is 3.63. The first-order valence-corrected chi connectivity index (χ1v) is 11.0. The number of piperazine rings is 1. The van der Waals surface area contributed by atoms with Gasteiger partial charge in [-0.05, 0) is 37.3 Å². The van der Waals surface area contributed by atoms with Gasteiger partial charge in [-0.1, -0.05) is 32.9 Å². The second-order valence-corrected chi connectivity index (χ2v) is 10.0. The standard InChI is InChI=1S/C23H30N6O/c1-15-14-27(11-12-28(15)19(30)13-23(2,3)4)22-24-18-8-6-5-7-17(18)21-26-25-20(29(21)22)16-9-10-16/h5-8,15-16H,9-14H2,1-4H3/t15-/m1/s1. The number of benzene rings is 1. The molecule has 7 nitrogen and oxygen atoms in total. The zero-order chi connectivity index (χ0) is 21.0. The summed E-state index contributed by atoms with van der Waals surface area (Å²) in [5.41, 5.74) is 1.83. The van der Waals surface area contributed by atoms with Gasteiger partial charge in [-0.15, -0.1) is 10.2 Å². The van der Waals surface area contributed by atoms with Crippen molar-refractivity contribution in [2.24, 2.45) is 5.41 Å². The van der Waals surface area contributed by atoms with Crippen LogP contribution in [0.1, 0.15) is 58.7 Å². The van der Waals surface area contributed by atoms with Gasteiger partial charge >= 0.3 is 0 Å². The highest BCUT2D eigenvalue weighted by Crippen LogP contribution is 2.40. The number of carbonyl (C=O) groups excluding carboxylic acids is 1. The Bertz CT molecular complexity index is 1110. The van der Waals surface area contributed by atoms with E-state index >= 15 is 0 Å². The van der Waals surface area contributed by atoms with Gasteiger partial charge in [0.2, 0.25) is 11.9 Å². The van der Waals surface area contributed by atoms with Crippen molar-refractivity contribution in [3.8, 4) is 0 Å². The lowest BCUT2D eigenvalue weighted by atomic mass is 9.91. The number of hydrogen-bond donors (Lipinski definition) is 0. The average Bonchev–Trinajstić information content (AvgIpc) is 3.44. The van der Waals surface area contributed by atoms with Crippen LogP contribution in [0.2, 0.25) is 0 Å². The Morgan fingerprint density at radius 3 is 2.60 bits per heavy atom. The van der Waals surface area contributed by atoms with Gasteiger partial charge in [0, 0.05) is 43.4 Å². The molecule has 1 aliphatic carbocycles. The second kappa shape index (κ2) is 6.93. The van der Waals surface area contributed by atoms with E-state index in [4.69, 9.17) is 4.98 Å². The number of amides is 1. The maximum Gasteiger partial charge on any atom is 0.223 e. The lowest BCUT2D eigenvalue weighted by Crippen LogP contribution is -2.55. The third-order valence-corrected chi connectivity index (χ3v) is 6.11. The van der Waals surface area contributed by atoms with Crippen molar-refractivity contribution in [1.82, 2.24) is 24.5 Å². The lowest BCUT2D eigenvalue weighted by molar-refractivity contribution is -0.135. The van der Waals surface area contributed by atoms with Crippen LogP contribution in [0.25, 0.3) is 16.6 Å². The summed E-state index contributed by atoms with van der Waals surface area (Å²) >= 11 is 0. The minimum absolute atomic E-state index is 0.00163. The highest BCUT2D eigenvalue weighted by Gasteiger charge is 2.34. The molecule has 1 saturated heterocycles. The zero-order valence-corrected chi connectivity index (χ0v) is 18.3. The van der Waals surface area contributed by atoms with Crippen LogP contribution in [0, 0.1) is 5.41 Å². The number of aromatic nitrogens is 4. The molecule has 1 aromatic carbocycles. The van der Waals surface area contributed by atoms with E-state index in [9.17, 15) is 4.79 Å². The number of nitrogens with zero attached hydrogens (tertiary/aromatic N) is 6. The van der Waals surface area contributed by atoms with Crippen molar-refractivity contribution in [3.63, 3.8) is 0 Å². The molecule has 3 aromatic rings. The van der Waals surface area contributed by atoms with Gasteiger partial charge in [-0.3, -0.25) is 4.79 Å². The van der Waals surface area contributed by atoms with Gasteiger partial charge in [0.05, 0.1) is 5.52 Å². The molecular formula is C23H30N6O. The first kappa shape index (κ1) is 19.3. The number of anilines is 1. The van der Waals surface area contributed by atoms with Crippen molar-refractivity contribution in [2.45, 2.75) is 58.9 Å². The summed E-state index contributed by atoms with van der Waals surface area (Å²) in [5.74, 6) is 2.66. The fraction of sp³-hybridized carbons (Fsp3) is 0.565. The van der Waals surface area contributed by atoms with Crippen molar-refractivity contribution in [1.29, 1.82) is 0 Å². The highest BCUT2D eigenvalue weighted by atomic mass is 16.2. The molecule has 2 fully saturated rings. The van der Waals surface area contributed by atoms with Gasteiger partial charge in [0.15, 0.2) is 5.65 Å². The topological polar surface area (TPSA) is 66.6 Å². The van der Waals surface area contributed by atoms with Gasteiger partial charge in [-0.25, -0.2) is 9.38 Å². The summed E-state index contributed by atoms with van der Waals surface area (Å²) in [4.78, 5) is 22.2. The molecule has 7 heteroatoms. The Morgan fingerprint density at radius 1 is 1.13 bits per heavy atom. The number of para-hydroxylation sites is 1. The van der Waals surface area contributed by atoms with Gasteiger partial charge in [0.1, 0.15) is 5.82 Å². The van der Waals surface area contributed by atoms with Gasteiger partial charge in [0.25, 0.3) is 0 Å². The van der Waals surface area contributed by atoms with Crippen molar-refractivity contribution in [3.05, 3.63) is 30.1 Å². The molecule has 3 heterocycles. The minimum atomic E-state index is 0.00163. The van der Waals surface area contributed by atoms with Crippen LogP contribution in [-0.2, 0) is 4.79 Å². The number of carbonyl (C=O) groups is 1. The predicted molar refractivity (Wildman–Crippen MR) is 118 cm³/mol. The molecule has 30 heavy (non-hydrogen) atoms. The molecular weight excluding hydrogens is 376 g/mol. The summed E-state index contributed by atoms with van der Waals surface area (Å²) in [7, 11) is 0. The largest absolute Gasteiger partial charge is 0.338 e. The third-order valence-electron chi connectivity index (χ3n) is 6.11. The Balaban J connectivity index is 1.50. The molecule has 0 N–H and O–H groups in total. The molecule has 0 unspecified atom stereocenters. The lowest BCUT2D eigenvalue weighted by Gasteiger charge is -2.41. The van der Waals surface area contributed by atoms with Crippen molar-refractivity contribution >= 4 is 28.4 Å². The maximum absolute atomic E-state index is 12.8. The van der Waals surface area contributed by atoms with E-state index < -0.39 is 0 Å². The molecule has 158 valence electrons. The normalized spacial score (nSPS) is 20.3. The molecule has 5 rings (SSSR count). The van der Waals surface area contributed by atoms with Gasteiger partial charge < -0.3 is 9.80 Å². The number of fused-ring (bicyclic) bond motifs is 3. The van der Waals surface area contributed by atoms with Gasteiger partial charge in [-0.2, -0.15) is 0 Å². The molecule has 1 aliphatic heterocycles. The van der Waals surface area contributed by atoms with Crippen LogP contribution in [0.4, 0.5) is 5.95 Å². The summed E-state index contributed by atoms with van der Waals surface area (Å²) in [5, 5.41) is 10.1. The van der Waals surface area contributed by atoms with Crippen LogP contribution < -0.4 is 4.90 Å². The van der Waals surface area contributed by atoms with E-state index in [0.29, 0.717) is 18.9 Å². The second-order valence-electron chi connectivity index (χ2n) is 10.0. The summed E-state index contributed by atoms with van der Waals surface area (Å²) in [6.07, 6.45) is 2.91. The Labute approximate surface area is 177 Å². The smallest absolute Gasteiger partial charge is 0.223 e. The van der Waals surface area contributed by atoms with Crippen LogP contribution in [0.15, 0.2) is 24.3 Å². The summed E-state index contributed by atoms with van der Waals surface area (Å²) < 4.78 is 2.17. The summed E-state index contributed by atoms with van der Waals surface area (Å²) in [6, 6.07) is 8.28.